The van der Waals surface area contributed by atoms with Crippen LogP contribution in [0, 0.1) is 6.92 Å². The van der Waals surface area contributed by atoms with Crippen LogP contribution in [0.2, 0.25) is 0 Å². The molecule has 0 N–H and O–H groups in total. The largest absolute Gasteiger partial charge is 0.445 e. The summed E-state index contributed by atoms with van der Waals surface area (Å²) in [5.74, 6) is 1.79. The van der Waals surface area contributed by atoms with Crippen LogP contribution in [0.1, 0.15) is 37.3 Å². The summed E-state index contributed by atoms with van der Waals surface area (Å²) < 4.78 is 5.60. The standard InChI is InChI=1S/C14H23N3O/c1-12-9-15-14(18-12)11-16-6-4-8-17-7-3-2-5-13(17)10-16/h9,13H,2-8,10-11H2,1H3. The van der Waals surface area contributed by atoms with E-state index in [1.165, 1.54) is 51.9 Å². The second kappa shape index (κ2) is 5.41. The van der Waals surface area contributed by atoms with Crippen molar-refractivity contribution in [1.82, 2.24) is 14.8 Å². The van der Waals surface area contributed by atoms with Gasteiger partial charge in [0.1, 0.15) is 5.76 Å². The molecule has 4 nitrogen and oxygen atoms in total. The molecule has 0 aromatic carbocycles. The van der Waals surface area contributed by atoms with Crippen LogP contribution < -0.4 is 0 Å². The van der Waals surface area contributed by atoms with E-state index in [1.807, 2.05) is 13.1 Å². The van der Waals surface area contributed by atoms with Crippen molar-refractivity contribution >= 4 is 0 Å². The maximum absolute atomic E-state index is 5.60. The van der Waals surface area contributed by atoms with Crippen molar-refractivity contribution in [3.05, 3.63) is 17.8 Å². The van der Waals surface area contributed by atoms with Gasteiger partial charge in [-0.1, -0.05) is 6.42 Å². The van der Waals surface area contributed by atoms with Crippen molar-refractivity contribution in [2.24, 2.45) is 0 Å². The van der Waals surface area contributed by atoms with E-state index >= 15 is 0 Å². The molecule has 1 unspecified atom stereocenters. The zero-order valence-electron chi connectivity index (χ0n) is 11.3. The average molecular weight is 249 g/mol. The molecule has 0 aliphatic carbocycles. The molecule has 0 bridgehead atoms. The zero-order valence-corrected chi connectivity index (χ0v) is 11.3. The maximum atomic E-state index is 5.60. The van der Waals surface area contributed by atoms with Crippen LogP contribution in [0.25, 0.3) is 0 Å². The van der Waals surface area contributed by atoms with Gasteiger partial charge in [0.2, 0.25) is 5.89 Å². The Morgan fingerprint density at radius 1 is 1.28 bits per heavy atom. The van der Waals surface area contributed by atoms with Gasteiger partial charge in [0.15, 0.2) is 0 Å². The third-order valence-corrected chi connectivity index (χ3v) is 4.17. The quantitative estimate of drug-likeness (QED) is 0.803. The van der Waals surface area contributed by atoms with Crippen LogP contribution in [-0.2, 0) is 6.54 Å². The van der Waals surface area contributed by atoms with Crippen LogP contribution >= 0.6 is 0 Å². The minimum absolute atomic E-state index is 0.761. The molecule has 0 radical (unpaired) electrons. The Morgan fingerprint density at radius 3 is 3.00 bits per heavy atom. The van der Waals surface area contributed by atoms with Gasteiger partial charge in [0, 0.05) is 12.6 Å². The molecule has 18 heavy (non-hydrogen) atoms. The van der Waals surface area contributed by atoms with Crippen LogP contribution in [0.15, 0.2) is 10.6 Å². The fourth-order valence-electron chi connectivity index (χ4n) is 3.26. The molecule has 100 valence electrons. The van der Waals surface area contributed by atoms with E-state index in [2.05, 4.69) is 14.8 Å². The Hall–Kier alpha value is -0.870. The van der Waals surface area contributed by atoms with Crippen molar-refractivity contribution in [2.45, 2.75) is 45.2 Å². The number of rotatable bonds is 2. The zero-order chi connectivity index (χ0) is 12.4. The highest BCUT2D eigenvalue weighted by molar-refractivity contribution is 4.92. The highest BCUT2D eigenvalue weighted by Gasteiger charge is 2.27. The predicted molar refractivity (Wildman–Crippen MR) is 70.3 cm³/mol. The molecule has 2 aliphatic heterocycles. The third-order valence-electron chi connectivity index (χ3n) is 4.17. The predicted octanol–water partition coefficient (Wildman–Crippen LogP) is 2.04. The van der Waals surface area contributed by atoms with Gasteiger partial charge in [-0.3, -0.25) is 9.80 Å². The lowest BCUT2D eigenvalue weighted by Gasteiger charge is -2.35. The number of hydrogen-bond donors (Lipinski definition) is 0. The summed E-state index contributed by atoms with van der Waals surface area (Å²) in [6.45, 7) is 7.76. The monoisotopic (exact) mass is 249 g/mol. The number of aromatic nitrogens is 1. The molecular weight excluding hydrogens is 226 g/mol. The molecule has 1 atom stereocenters. The van der Waals surface area contributed by atoms with Gasteiger partial charge in [-0.2, -0.15) is 0 Å². The number of fused-ring (bicyclic) bond motifs is 1. The van der Waals surface area contributed by atoms with E-state index < -0.39 is 0 Å². The highest BCUT2D eigenvalue weighted by atomic mass is 16.4. The molecule has 3 rings (SSSR count). The van der Waals surface area contributed by atoms with Crippen molar-refractivity contribution in [2.75, 3.05) is 26.2 Å². The van der Waals surface area contributed by atoms with E-state index in [0.717, 1.165) is 24.2 Å². The van der Waals surface area contributed by atoms with Crippen molar-refractivity contribution in [3.63, 3.8) is 0 Å². The van der Waals surface area contributed by atoms with E-state index in [9.17, 15) is 0 Å². The lowest BCUT2D eigenvalue weighted by atomic mass is 10.0. The molecule has 2 saturated heterocycles. The summed E-state index contributed by atoms with van der Waals surface area (Å²) in [5, 5.41) is 0. The molecule has 3 heterocycles. The van der Waals surface area contributed by atoms with Gasteiger partial charge in [0.25, 0.3) is 0 Å². The second-order valence-corrected chi connectivity index (χ2v) is 5.64. The highest BCUT2D eigenvalue weighted by Crippen LogP contribution is 2.21. The lowest BCUT2D eigenvalue weighted by molar-refractivity contribution is 0.131. The first-order valence-electron chi connectivity index (χ1n) is 7.19. The van der Waals surface area contributed by atoms with Gasteiger partial charge in [-0.15, -0.1) is 0 Å². The molecule has 2 aliphatic rings. The molecule has 0 amide bonds. The second-order valence-electron chi connectivity index (χ2n) is 5.64. The fourth-order valence-corrected chi connectivity index (χ4v) is 3.26. The van der Waals surface area contributed by atoms with Gasteiger partial charge in [0.05, 0.1) is 12.7 Å². The van der Waals surface area contributed by atoms with E-state index in [-0.39, 0.29) is 0 Å². The third kappa shape index (κ3) is 2.75. The lowest BCUT2D eigenvalue weighted by Crippen LogP contribution is -2.43. The van der Waals surface area contributed by atoms with Crippen LogP contribution in [0.5, 0.6) is 0 Å². The number of hydrogen-bond acceptors (Lipinski definition) is 4. The van der Waals surface area contributed by atoms with Crippen molar-refractivity contribution < 1.29 is 4.42 Å². The topological polar surface area (TPSA) is 32.5 Å². The first-order valence-corrected chi connectivity index (χ1v) is 7.19. The molecule has 2 fully saturated rings. The van der Waals surface area contributed by atoms with E-state index in [4.69, 9.17) is 4.42 Å². The minimum Gasteiger partial charge on any atom is -0.445 e. The summed E-state index contributed by atoms with van der Waals surface area (Å²) in [6, 6.07) is 0.761. The fraction of sp³-hybridized carbons (Fsp3) is 0.786. The summed E-state index contributed by atoms with van der Waals surface area (Å²) in [5.41, 5.74) is 0. The van der Waals surface area contributed by atoms with Gasteiger partial charge in [-0.05, 0) is 45.8 Å². The number of aryl methyl sites for hydroxylation is 1. The molecule has 4 heteroatoms. The SMILES string of the molecule is Cc1cnc(CN2CCCN3CCCCC3C2)o1. The Balaban J connectivity index is 1.62. The van der Waals surface area contributed by atoms with Crippen molar-refractivity contribution in [1.29, 1.82) is 0 Å². The number of nitrogens with zero attached hydrogens (tertiary/aromatic N) is 3. The van der Waals surface area contributed by atoms with Gasteiger partial charge in [-0.25, -0.2) is 4.98 Å². The van der Waals surface area contributed by atoms with Crippen molar-refractivity contribution in [3.8, 4) is 0 Å². The van der Waals surface area contributed by atoms with E-state index in [0.29, 0.717) is 0 Å². The molecular formula is C14H23N3O. The molecule has 0 spiro atoms. The molecule has 0 saturated carbocycles. The Morgan fingerprint density at radius 2 is 2.17 bits per heavy atom. The summed E-state index contributed by atoms with van der Waals surface area (Å²) in [7, 11) is 0. The number of oxazole rings is 1. The smallest absolute Gasteiger partial charge is 0.208 e. The first kappa shape index (κ1) is 12.2. The Bertz CT molecular complexity index is 390. The maximum Gasteiger partial charge on any atom is 0.208 e. The van der Waals surface area contributed by atoms with Gasteiger partial charge < -0.3 is 4.42 Å². The first-order chi connectivity index (χ1) is 8.81. The van der Waals surface area contributed by atoms with Gasteiger partial charge >= 0.3 is 0 Å². The normalized spacial score (nSPS) is 26.8. The van der Waals surface area contributed by atoms with Crippen LogP contribution in [-0.4, -0.2) is 47.0 Å². The summed E-state index contributed by atoms with van der Waals surface area (Å²) in [6.07, 6.45) is 7.24. The van der Waals surface area contributed by atoms with E-state index in [1.54, 1.807) is 0 Å². The molecule has 1 aromatic rings. The summed E-state index contributed by atoms with van der Waals surface area (Å²) >= 11 is 0. The Kier molecular flexibility index (Phi) is 3.66. The van der Waals surface area contributed by atoms with Crippen LogP contribution in [0.4, 0.5) is 0 Å². The summed E-state index contributed by atoms with van der Waals surface area (Å²) in [4.78, 5) is 9.52. The number of piperidine rings is 1. The molecule has 1 aromatic heterocycles. The average Bonchev–Trinajstić information content (AvgIpc) is 2.66. The Labute approximate surface area is 109 Å². The minimum atomic E-state index is 0.761. The van der Waals surface area contributed by atoms with Crippen LogP contribution in [0.3, 0.4) is 0 Å².